The van der Waals surface area contributed by atoms with Crippen LogP contribution in [0.15, 0.2) is 48.5 Å². The first-order valence-electron chi connectivity index (χ1n) is 7.11. The van der Waals surface area contributed by atoms with Gasteiger partial charge in [-0.15, -0.1) is 0 Å². The number of benzene rings is 2. The molecule has 22 heavy (non-hydrogen) atoms. The Bertz CT molecular complexity index is 749. The maximum atomic E-state index is 5.16. The molecule has 2 aromatic carbocycles. The lowest BCUT2D eigenvalue weighted by atomic mass is 10.1. The van der Waals surface area contributed by atoms with Gasteiger partial charge in [0.1, 0.15) is 5.75 Å². The SMILES string of the molecule is CNCc1cccc(-c2n[nH]c(-c3ccc(OC)cc3)n2)c1. The summed E-state index contributed by atoms with van der Waals surface area (Å²) in [6, 6.07) is 15.9. The van der Waals surface area contributed by atoms with Crippen molar-refractivity contribution >= 4 is 0 Å². The number of rotatable bonds is 5. The Hall–Kier alpha value is -2.66. The lowest BCUT2D eigenvalue weighted by Crippen LogP contribution is -2.04. The molecule has 0 aliphatic rings. The summed E-state index contributed by atoms with van der Waals surface area (Å²) in [6.07, 6.45) is 0. The molecular formula is C17H18N4O. The lowest BCUT2D eigenvalue weighted by molar-refractivity contribution is 0.415. The molecule has 0 aliphatic carbocycles. The van der Waals surface area contributed by atoms with E-state index in [-0.39, 0.29) is 0 Å². The van der Waals surface area contributed by atoms with Crippen molar-refractivity contribution in [2.24, 2.45) is 0 Å². The summed E-state index contributed by atoms with van der Waals surface area (Å²) in [6.45, 7) is 0.823. The second kappa shape index (κ2) is 6.41. The Balaban J connectivity index is 1.88. The molecule has 0 unspecified atom stereocenters. The van der Waals surface area contributed by atoms with Crippen molar-refractivity contribution in [3.05, 3.63) is 54.1 Å². The third-order valence-corrected chi connectivity index (χ3v) is 3.41. The minimum Gasteiger partial charge on any atom is -0.497 e. The Morgan fingerprint density at radius 3 is 2.64 bits per heavy atom. The van der Waals surface area contributed by atoms with Crippen molar-refractivity contribution < 1.29 is 4.74 Å². The average molecular weight is 294 g/mol. The van der Waals surface area contributed by atoms with E-state index in [1.807, 2.05) is 43.4 Å². The number of hydrogen-bond acceptors (Lipinski definition) is 4. The topological polar surface area (TPSA) is 62.8 Å². The van der Waals surface area contributed by atoms with Crippen molar-refractivity contribution in [3.8, 4) is 28.5 Å². The number of H-pyrrole nitrogens is 1. The lowest BCUT2D eigenvalue weighted by Gasteiger charge is -2.01. The van der Waals surface area contributed by atoms with E-state index in [9.17, 15) is 0 Å². The molecule has 0 aliphatic heterocycles. The van der Waals surface area contributed by atoms with Crippen molar-refractivity contribution in [2.45, 2.75) is 6.54 Å². The van der Waals surface area contributed by atoms with Crippen LogP contribution in [-0.2, 0) is 6.54 Å². The van der Waals surface area contributed by atoms with Crippen LogP contribution in [-0.4, -0.2) is 29.3 Å². The van der Waals surface area contributed by atoms with Crippen molar-refractivity contribution in [2.75, 3.05) is 14.2 Å². The quantitative estimate of drug-likeness (QED) is 0.759. The molecule has 2 N–H and O–H groups in total. The summed E-state index contributed by atoms with van der Waals surface area (Å²) in [5.74, 6) is 2.27. The first kappa shape index (κ1) is 14.3. The molecule has 112 valence electrons. The summed E-state index contributed by atoms with van der Waals surface area (Å²) in [7, 11) is 3.58. The molecule has 1 heterocycles. The van der Waals surface area contributed by atoms with Crippen LogP contribution < -0.4 is 10.1 Å². The van der Waals surface area contributed by atoms with Crippen LogP contribution in [0.5, 0.6) is 5.75 Å². The van der Waals surface area contributed by atoms with E-state index in [2.05, 4.69) is 32.6 Å². The van der Waals surface area contributed by atoms with Gasteiger partial charge in [0.2, 0.25) is 0 Å². The van der Waals surface area contributed by atoms with Gasteiger partial charge >= 0.3 is 0 Å². The van der Waals surface area contributed by atoms with Crippen LogP contribution in [0.2, 0.25) is 0 Å². The highest BCUT2D eigenvalue weighted by atomic mass is 16.5. The Morgan fingerprint density at radius 2 is 1.91 bits per heavy atom. The van der Waals surface area contributed by atoms with Gasteiger partial charge in [0, 0.05) is 17.7 Å². The molecule has 0 atom stereocenters. The first-order chi connectivity index (χ1) is 10.8. The van der Waals surface area contributed by atoms with Crippen LogP contribution in [0.25, 0.3) is 22.8 Å². The standard InChI is InChI=1S/C17H18N4O/c1-18-11-12-4-3-5-14(10-12)17-19-16(20-21-17)13-6-8-15(22-2)9-7-13/h3-10,18H,11H2,1-2H3,(H,19,20,21). The minimum absolute atomic E-state index is 0.698. The first-order valence-corrected chi connectivity index (χ1v) is 7.11. The van der Waals surface area contributed by atoms with Crippen LogP contribution in [0.4, 0.5) is 0 Å². The molecule has 5 heteroatoms. The fourth-order valence-corrected chi connectivity index (χ4v) is 2.29. The number of hydrogen-bond donors (Lipinski definition) is 2. The number of nitrogens with zero attached hydrogens (tertiary/aromatic N) is 2. The summed E-state index contributed by atoms with van der Waals surface area (Å²) in [5.41, 5.74) is 3.19. The molecule has 0 fully saturated rings. The monoisotopic (exact) mass is 294 g/mol. The molecule has 0 amide bonds. The van der Waals surface area contributed by atoms with Crippen LogP contribution in [0.3, 0.4) is 0 Å². The number of aromatic amines is 1. The van der Waals surface area contributed by atoms with Crippen LogP contribution >= 0.6 is 0 Å². The normalized spacial score (nSPS) is 10.6. The van der Waals surface area contributed by atoms with Crippen molar-refractivity contribution in [1.29, 1.82) is 0 Å². The molecule has 0 saturated heterocycles. The average Bonchev–Trinajstić information content (AvgIpc) is 3.06. The minimum atomic E-state index is 0.698. The van der Waals surface area contributed by atoms with E-state index in [0.29, 0.717) is 5.82 Å². The number of aromatic nitrogens is 3. The smallest absolute Gasteiger partial charge is 0.181 e. The maximum absolute atomic E-state index is 5.16. The van der Waals surface area contributed by atoms with E-state index in [1.165, 1.54) is 5.56 Å². The Morgan fingerprint density at radius 1 is 1.09 bits per heavy atom. The van der Waals surface area contributed by atoms with E-state index in [1.54, 1.807) is 7.11 Å². The third kappa shape index (κ3) is 2.99. The molecule has 0 bridgehead atoms. The molecule has 0 spiro atoms. The number of nitrogens with one attached hydrogen (secondary N) is 2. The van der Waals surface area contributed by atoms with Gasteiger partial charge in [-0.2, -0.15) is 5.10 Å². The highest BCUT2D eigenvalue weighted by Crippen LogP contribution is 2.22. The Labute approximate surface area is 129 Å². The van der Waals surface area contributed by atoms with E-state index >= 15 is 0 Å². The van der Waals surface area contributed by atoms with E-state index in [0.717, 1.165) is 29.2 Å². The zero-order chi connectivity index (χ0) is 15.4. The van der Waals surface area contributed by atoms with Gasteiger partial charge in [-0.3, -0.25) is 5.10 Å². The van der Waals surface area contributed by atoms with Crippen LogP contribution in [0, 0.1) is 0 Å². The van der Waals surface area contributed by atoms with Gasteiger partial charge in [0.05, 0.1) is 7.11 Å². The fourth-order valence-electron chi connectivity index (χ4n) is 2.29. The highest BCUT2D eigenvalue weighted by Gasteiger charge is 2.08. The summed E-state index contributed by atoms with van der Waals surface area (Å²) in [4.78, 5) is 4.58. The van der Waals surface area contributed by atoms with Gasteiger partial charge in [0.25, 0.3) is 0 Å². The third-order valence-electron chi connectivity index (χ3n) is 3.41. The zero-order valence-electron chi connectivity index (χ0n) is 12.6. The molecular weight excluding hydrogens is 276 g/mol. The molecule has 5 nitrogen and oxygen atoms in total. The predicted octanol–water partition coefficient (Wildman–Crippen LogP) is 2.87. The highest BCUT2D eigenvalue weighted by molar-refractivity contribution is 5.62. The predicted molar refractivity (Wildman–Crippen MR) is 86.6 cm³/mol. The molecule has 0 saturated carbocycles. The van der Waals surface area contributed by atoms with Gasteiger partial charge < -0.3 is 10.1 Å². The maximum Gasteiger partial charge on any atom is 0.181 e. The van der Waals surface area contributed by atoms with Crippen molar-refractivity contribution in [3.63, 3.8) is 0 Å². The molecule has 0 radical (unpaired) electrons. The van der Waals surface area contributed by atoms with Gasteiger partial charge in [-0.05, 0) is 42.9 Å². The second-order valence-corrected chi connectivity index (χ2v) is 4.97. The van der Waals surface area contributed by atoms with Crippen molar-refractivity contribution in [1.82, 2.24) is 20.5 Å². The second-order valence-electron chi connectivity index (χ2n) is 4.97. The van der Waals surface area contributed by atoms with Gasteiger partial charge in [0.15, 0.2) is 11.6 Å². The Kier molecular flexibility index (Phi) is 4.16. The van der Waals surface area contributed by atoms with Gasteiger partial charge in [-0.25, -0.2) is 4.98 Å². The summed E-state index contributed by atoms with van der Waals surface area (Å²) in [5, 5.41) is 10.5. The fraction of sp³-hybridized carbons (Fsp3) is 0.176. The largest absolute Gasteiger partial charge is 0.497 e. The summed E-state index contributed by atoms with van der Waals surface area (Å²) < 4.78 is 5.16. The van der Waals surface area contributed by atoms with E-state index in [4.69, 9.17) is 4.74 Å². The number of methoxy groups -OCH3 is 1. The summed E-state index contributed by atoms with van der Waals surface area (Å²) >= 11 is 0. The molecule has 1 aromatic heterocycles. The van der Waals surface area contributed by atoms with Crippen LogP contribution in [0.1, 0.15) is 5.56 Å². The van der Waals surface area contributed by atoms with E-state index < -0.39 is 0 Å². The molecule has 3 rings (SSSR count). The number of ether oxygens (including phenoxy) is 1. The molecule has 3 aromatic rings. The van der Waals surface area contributed by atoms with Gasteiger partial charge in [-0.1, -0.05) is 18.2 Å². The zero-order valence-corrected chi connectivity index (χ0v) is 12.6.